The van der Waals surface area contributed by atoms with Gasteiger partial charge in [0.05, 0.1) is 4.21 Å². The van der Waals surface area contributed by atoms with Crippen LogP contribution in [0, 0.1) is 6.92 Å². The van der Waals surface area contributed by atoms with Crippen molar-refractivity contribution in [3.63, 3.8) is 0 Å². The minimum atomic E-state index is 1.10. The molecule has 1 aromatic heterocycles. The van der Waals surface area contributed by atoms with Gasteiger partial charge < -0.3 is 0 Å². The summed E-state index contributed by atoms with van der Waals surface area (Å²) in [5, 5.41) is 1.33. The van der Waals surface area contributed by atoms with E-state index < -0.39 is 0 Å². The summed E-state index contributed by atoms with van der Waals surface area (Å²) in [6.45, 7) is 4.37. The number of aryl methyl sites for hydroxylation is 2. The van der Waals surface area contributed by atoms with Gasteiger partial charge in [-0.3, -0.25) is 0 Å². The van der Waals surface area contributed by atoms with E-state index in [-0.39, 0.29) is 0 Å². The number of hydrogen-bond acceptors (Lipinski definition) is 2. The molecule has 0 N–H and O–H groups in total. The van der Waals surface area contributed by atoms with Gasteiger partial charge in [-0.05, 0) is 42.0 Å². The van der Waals surface area contributed by atoms with Gasteiger partial charge in [-0.1, -0.05) is 13.0 Å². The Hall–Kier alpha value is -0.470. The second-order valence-corrected chi connectivity index (χ2v) is 5.12. The molecule has 0 aliphatic carbocycles. The molecule has 1 aromatic carbocycles. The summed E-state index contributed by atoms with van der Waals surface area (Å²) in [5.74, 6) is 0. The molecule has 0 unspecified atom stereocenters. The van der Waals surface area contributed by atoms with Crippen LogP contribution in [-0.4, -0.2) is 0 Å². The normalized spacial score (nSPS) is 11.0. The lowest BCUT2D eigenvalue weighted by Gasteiger charge is -2.01. The average molecular weight is 208 g/mol. The molecule has 2 heteroatoms. The maximum absolute atomic E-state index is 4.36. The summed E-state index contributed by atoms with van der Waals surface area (Å²) in [6.07, 6.45) is 1.11. The van der Waals surface area contributed by atoms with E-state index in [0.29, 0.717) is 0 Å². The zero-order valence-electron chi connectivity index (χ0n) is 7.79. The van der Waals surface area contributed by atoms with E-state index in [1.165, 1.54) is 21.2 Å². The van der Waals surface area contributed by atoms with Crippen LogP contribution < -0.4 is 0 Å². The van der Waals surface area contributed by atoms with Crippen LogP contribution in [0.4, 0.5) is 0 Å². The number of rotatable bonds is 1. The summed E-state index contributed by atoms with van der Waals surface area (Å²) in [5.41, 5.74) is 2.84. The largest absolute Gasteiger partial charge is 0.133 e. The molecule has 1 heterocycles. The monoisotopic (exact) mass is 208 g/mol. The van der Waals surface area contributed by atoms with Crippen molar-refractivity contribution in [3.05, 3.63) is 29.3 Å². The van der Waals surface area contributed by atoms with Crippen LogP contribution in [0.1, 0.15) is 18.1 Å². The van der Waals surface area contributed by atoms with Crippen LogP contribution in [0.25, 0.3) is 10.1 Å². The second-order valence-electron chi connectivity index (χ2n) is 3.25. The maximum Gasteiger partial charge on any atom is 0.0580 e. The van der Waals surface area contributed by atoms with Crippen molar-refractivity contribution < 1.29 is 0 Å². The van der Waals surface area contributed by atoms with Gasteiger partial charge in [-0.15, -0.1) is 24.0 Å². The lowest BCUT2D eigenvalue weighted by molar-refractivity contribution is 1.12. The van der Waals surface area contributed by atoms with Crippen LogP contribution in [0.2, 0.25) is 0 Å². The van der Waals surface area contributed by atoms with Crippen molar-refractivity contribution in [1.82, 2.24) is 0 Å². The van der Waals surface area contributed by atoms with Crippen molar-refractivity contribution in [3.8, 4) is 0 Å². The molecule has 0 saturated carbocycles. The zero-order chi connectivity index (χ0) is 9.42. The molecule has 0 radical (unpaired) electrons. The lowest BCUT2D eigenvalue weighted by atomic mass is 10.0. The molecule has 2 aromatic rings. The molecule has 0 atom stereocenters. The van der Waals surface area contributed by atoms with Crippen LogP contribution in [0.5, 0.6) is 0 Å². The number of fused-ring (bicyclic) bond motifs is 1. The third kappa shape index (κ3) is 1.61. The standard InChI is InChI=1S/C11H12S2/c1-3-8-5-9-6-11(12)13-10(9)4-7(8)2/h4-6,12H,3H2,1-2H3. The topological polar surface area (TPSA) is 0 Å². The van der Waals surface area contributed by atoms with Crippen LogP contribution in [0.3, 0.4) is 0 Å². The smallest absolute Gasteiger partial charge is 0.0580 e. The van der Waals surface area contributed by atoms with Gasteiger partial charge in [-0.25, -0.2) is 0 Å². The van der Waals surface area contributed by atoms with E-state index in [4.69, 9.17) is 0 Å². The Labute approximate surface area is 88.0 Å². The van der Waals surface area contributed by atoms with Crippen molar-refractivity contribution in [2.24, 2.45) is 0 Å². The summed E-state index contributed by atoms with van der Waals surface area (Å²) >= 11 is 6.11. The molecule has 13 heavy (non-hydrogen) atoms. The van der Waals surface area contributed by atoms with Gasteiger partial charge >= 0.3 is 0 Å². The molecular formula is C11H12S2. The molecule has 0 nitrogen and oxygen atoms in total. The van der Waals surface area contributed by atoms with Gasteiger partial charge in [0.2, 0.25) is 0 Å². The van der Waals surface area contributed by atoms with Gasteiger partial charge in [-0.2, -0.15) is 0 Å². The van der Waals surface area contributed by atoms with E-state index >= 15 is 0 Å². The SMILES string of the molecule is CCc1cc2cc(S)sc2cc1C. The van der Waals surface area contributed by atoms with Crippen LogP contribution in [0.15, 0.2) is 22.4 Å². The van der Waals surface area contributed by atoms with E-state index in [2.05, 4.69) is 44.7 Å². The molecule has 2 rings (SSSR count). The van der Waals surface area contributed by atoms with Crippen LogP contribution >= 0.6 is 24.0 Å². The predicted molar refractivity (Wildman–Crippen MR) is 63.2 cm³/mol. The fourth-order valence-corrected chi connectivity index (χ4v) is 2.92. The molecule has 0 saturated heterocycles. The van der Waals surface area contributed by atoms with Gasteiger partial charge in [0.25, 0.3) is 0 Å². The maximum atomic E-state index is 4.36. The van der Waals surface area contributed by atoms with Gasteiger partial charge in [0.15, 0.2) is 0 Å². The fraction of sp³-hybridized carbons (Fsp3) is 0.273. The second kappa shape index (κ2) is 3.35. The number of thiophene rings is 1. The molecule has 0 amide bonds. The van der Waals surface area contributed by atoms with Crippen molar-refractivity contribution >= 4 is 34.1 Å². The van der Waals surface area contributed by atoms with Gasteiger partial charge in [0, 0.05) is 4.70 Å². The first kappa shape index (κ1) is 9.10. The Balaban J connectivity index is 2.72. The average Bonchev–Trinajstić information content (AvgIpc) is 2.42. The van der Waals surface area contributed by atoms with E-state index in [9.17, 15) is 0 Å². The van der Waals surface area contributed by atoms with Crippen LogP contribution in [-0.2, 0) is 6.42 Å². The Morgan fingerprint density at radius 1 is 1.31 bits per heavy atom. The lowest BCUT2D eigenvalue weighted by Crippen LogP contribution is -1.84. The number of hydrogen-bond donors (Lipinski definition) is 1. The highest BCUT2D eigenvalue weighted by Crippen LogP contribution is 2.30. The first-order valence-electron chi connectivity index (χ1n) is 4.42. The summed E-state index contributed by atoms with van der Waals surface area (Å²) < 4.78 is 2.45. The predicted octanol–water partition coefficient (Wildman–Crippen LogP) is 4.06. The quantitative estimate of drug-likeness (QED) is 0.671. The molecule has 0 bridgehead atoms. The fourth-order valence-electron chi connectivity index (χ4n) is 1.60. The Morgan fingerprint density at radius 2 is 2.08 bits per heavy atom. The Bertz CT molecular complexity index is 441. The van der Waals surface area contributed by atoms with Crippen molar-refractivity contribution in [2.75, 3.05) is 0 Å². The van der Waals surface area contributed by atoms with E-state index in [0.717, 1.165) is 10.6 Å². The summed E-state index contributed by atoms with van der Waals surface area (Å²) in [7, 11) is 0. The molecule has 0 spiro atoms. The third-order valence-corrected chi connectivity index (χ3v) is 3.65. The minimum absolute atomic E-state index is 1.10. The third-order valence-electron chi connectivity index (χ3n) is 2.34. The van der Waals surface area contributed by atoms with Crippen molar-refractivity contribution in [1.29, 1.82) is 0 Å². The van der Waals surface area contributed by atoms with E-state index in [1.807, 2.05) is 0 Å². The molecule has 68 valence electrons. The molecule has 0 fully saturated rings. The van der Waals surface area contributed by atoms with Crippen molar-refractivity contribution in [2.45, 2.75) is 24.5 Å². The first-order valence-corrected chi connectivity index (χ1v) is 5.69. The summed E-state index contributed by atoms with van der Waals surface area (Å²) in [6, 6.07) is 6.68. The van der Waals surface area contributed by atoms with E-state index in [1.54, 1.807) is 11.3 Å². The Morgan fingerprint density at radius 3 is 2.77 bits per heavy atom. The first-order chi connectivity index (χ1) is 6.20. The number of benzene rings is 1. The molecular weight excluding hydrogens is 196 g/mol. The summed E-state index contributed by atoms with van der Waals surface area (Å²) in [4.78, 5) is 0. The highest BCUT2D eigenvalue weighted by atomic mass is 32.2. The Kier molecular flexibility index (Phi) is 2.35. The minimum Gasteiger partial charge on any atom is -0.133 e. The molecule has 0 aliphatic rings. The number of thiol groups is 1. The molecule has 0 aliphatic heterocycles. The highest BCUT2D eigenvalue weighted by molar-refractivity contribution is 7.83. The van der Waals surface area contributed by atoms with Gasteiger partial charge in [0.1, 0.15) is 0 Å². The zero-order valence-corrected chi connectivity index (χ0v) is 9.51. The highest BCUT2D eigenvalue weighted by Gasteiger charge is 2.02.